The molecule has 0 spiro atoms. The fourth-order valence-electron chi connectivity index (χ4n) is 1.10. The minimum atomic E-state index is -0.896. The fraction of sp³-hybridized carbons (Fsp3) is 0. The first-order chi connectivity index (χ1) is 6.27. The second-order valence-electron chi connectivity index (χ2n) is 2.61. The van der Waals surface area contributed by atoms with Gasteiger partial charge in [0.2, 0.25) is 0 Å². The average molecular weight is 193 g/mol. The molecule has 0 bridgehead atoms. The molecule has 2 rings (SSSR count). The lowest BCUT2D eigenvalue weighted by Gasteiger charge is -2.14. The molecule has 1 aromatic carbocycles. The van der Waals surface area contributed by atoms with Gasteiger partial charge in [0.1, 0.15) is 4.91 Å². The van der Waals surface area contributed by atoms with Gasteiger partial charge in [-0.3, -0.25) is 0 Å². The summed E-state index contributed by atoms with van der Waals surface area (Å²) in [6.07, 6.45) is 1.67. The Hall–Kier alpha value is -1.42. The zero-order valence-electron chi connectivity index (χ0n) is 6.65. The van der Waals surface area contributed by atoms with Crippen molar-refractivity contribution >= 4 is 29.7 Å². The molecule has 0 amide bonds. The molecule has 4 heteroatoms. The molecule has 66 valence electrons. The van der Waals surface area contributed by atoms with Crippen molar-refractivity contribution in [3.05, 3.63) is 34.7 Å². The van der Waals surface area contributed by atoms with Gasteiger partial charge < -0.3 is 9.83 Å². The second-order valence-corrected chi connectivity index (χ2v) is 3.45. The van der Waals surface area contributed by atoms with Crippen LogP contribution in [0, 0.1) is 0 Å². The van der Waals surface area contributed by atoms with E-state index in [1.54, 1.807) is 6.08 Å². The average Bonchev–Trinajstić information content (AvgIpc) is 2.17. The van der Waals surface area contributed by atoms with E-state index in [1.165, 1.54) is 0 Å². The maximum atomic E-state index is 10.6. The van der Waals surface area contributed by atoms with E-state index in [4.69, 9.17) is 5.11 Å². The monoisotopic (exact) mass is 193 g/mol. The highest BCUT2D eigenvalue weighted by molar-refractivity contribution is 8.05. The first-order valence-electron chi connectivity index (χ1n) is 3.74. The van der Waals surface area contributed by atoms with Crippen molar-refractivity contribution in [1.29, 1.82) is 0 Å². The number of benzene rings is 1. The number of para-hydroxylation sites is 1. The van der Waals surface area contributed by atoms with Crippen LogP contribution in [-0.2, 0) is 4.79 Å². The maximum absolute atomic E-state index is 10.6. The van der Waals surface area contributed by atoms with Crippen molar-refractivity contribution in [2.45, 2.75) is 0 Å². The van der Waals surface area contributed by atoms with Gasteiger partial charge in [0.05, 0.1) is 5.69 Å². The summed E-state index contributed by atoms with van der Waals surface area (Å²) in [6.45, 7) is 0. The Balaban J connectivity index is 2.44. The predicted molar refractivity (Wildman–Crippen MR) is 53.3 cm³/mol. The van der Waals surface area contributed by atoms with Gasteiger partial charge >= 0.3 is 5.97 Å². The van der Waals surface area contributed by atoms with Crippen LogP contribution >= 0.6 is 11.9 Å². The standard InChI is InChI=1S/C9H7NO2S/c11-9(12)8-5-6-3-1-2-4-7(6)10-13-8/h1-5,10H,(H,11,12). The van der Waals surface area contributed by atoms with Crippen molar-refractivity contribution in [2.75, 3.05) is 4.72 Å². The zero-order valence-corrected chi connectivity index (χ0v) is 7.47. The van der Waals surface area contributed by atoms with Crippen LogP contribution in [0.2, 0.25) is 0 Å². The summed E-state index contributed by atoms with van der Waals surface area (Å²) < 4.78 is 2.96. The zero-order chi connectivity index (χ0) is 9.26. The minimum absolute atomic E-state index is 0.318. The van der Waals surface area contributed by atoms with Gasteiger partial charge in [0.25, 0.3) is 0 Å². The third kappa shape index (κ3) is 1.53. The number of carboxylic acids is 1. The molecule has 0 aliphatic carbocycles. The van der Waals surface area contributed by atoms with Crippen molar-refractivity contribution in [2.24, 2.45) is 0 Å². The third-order valence-corrected chi connectivity index (χ3v) is 2.56. The number of hydrogen-bond acceptors (Lipinski definition) is 3. The molecule has 0 fully saturated rings. The SMILES string of the molecule is O=C(O)C1=Cc2ccccc2NS1. The second kappa shape index (κ2) is 3.14. The molecule has 2 N–H and O–H groups in total. The molecule has 1 heterocycles. The summed E-state index contributed by atoms with van der Waals surface area (Å²) >= 11 is 1.13. The van der Waals surface area contributed by atoms with E-state index in [2.05, 4.69) is 4.72 Å². The lowest BCUT2D eigenvalue weighted by Crippen LogP contribution is -2.04. The first kappa shape index (κ1) is 8.19. The van der Waals surface area contributed by atoms with E-state index < -0.39 is 5.97 Å². The van der Waals surface area contributed by atoms with Crippen LogP contribution in [-0.4, -0.2) is 11.1 Å². The Morgan fingerprint density at radius 1 is 1.38 bits per heavy atom. The maximum Gasteiger partial charge on any atom is 0.344 e. The highest BCUT2D eigenvalue weighted by Crippen LogP contribution is 2.31. The summed E-state index contributed by atoms with van der Waals surface area (Å²) in [5, 5.41) is 8.73. The van der Waals surface area contributed by atoms with Crippen LogP contribution in [0.5, 0.6) is 0 Å². The highest BCUT2D eigenvalue weighted by atomic mass is 32.2. The van der Waals surface area contributed by atoms with E-state index in [9.17, 15) is 4.79 Å². The van der Waals surface area contributed by atoms with Gasteiger partial charge in [-0.1, -0.05) is 18.2 Å². The fourth-order valence-corrected chi connectivity index (χ4v) is 1.78. The molecule has 13 heavy (non-hydrogen) atoms. The lowest BCUT2D eigenvalue weighted by molar-refractivity contribution is -0.131. The molecule has 0 saturated heterocycles. The molecule has 0 radical (unpaired) electrons. The largest absolute Gasteiger partial charge is 0.477 e. The molecule has 1 aromatic rings. The summed E-state index contributed by atoms with van der Waals surface area (Å²) in [4.78, 5) is 11.0. The Bertz CT molecular complexity index is 387. The summed E-state index contributed by atoms with van der Waals surface area (Å²) in [7, 11) is 0. The van der Waals surface area contributed by atoms with Crippen molar-refractivity contribution < 1.29 is 9.90 Å². The van der Waals surface area contributed by atoms with Gasteiger partial charge in [-0.25, -0.2) is 4.79 Å². The summed E-state index contributed by atoms with van der Waals surface area (Å²) in [5.74, 6) is -0.896. The molecule has 0 aromatic heterocycles. The number of hydrogen-bond donors (Lipinski definition) is 2. The van der Waals surface area contributed by atoms with Crippen molar-refractivity contribution in [1.82, 2.24) is 0 Å². The van der Waals surface area contributed by atoms with Gasteiger partial charge in [0, 0.05) is 0 Å². The lowest BCUT2D eigenvalue weighted by atomic mass is 10.1. The molecule has 0 unspecified atom stereocenters. The van der Waals surface area contributed by atoms with E-state index in [1.807, 2.05) is 24.3 Å². The molecule has 1 aliphatic rings. The molecule has 0 atom stereocenters. The van der Waals surface area contributed by atoms with E-state index in [0.29, 0.717) is 4.91 Å². The normalized spacial score (nSPS) is 14.0. The van der Waals surface area contributed by atoms with Crippen LogP contribution in [0.3, 0.4) is 0 Å². The van der Waals surface area contributed by atoms with Crippen LogP contribution in [0.15, 0.2) is 29.2 Å². The number of aliphatic carboxylic acids is 1. The minimum Gasteiger partial charge on any atom is -0.477 e. The van der Waals surface area contributed by atoms with E-state index >= 15 is 0 Å². The Morgan fingerprint density at radius 3 is 2.92 bits per heavy atom. The van der Waals surface area contributed by atoms with Crippen LogP contribution < -0.4 is 4.72 Å². The Morgan fingerprint density at radius 2 is 2.15 bits per heavy atom. The molecule has 1 aliphatic heterocycles. The number of fused-ring (bicyclic) bond motifs is 1. The van der Waals surface area contributed by atoms with E-state index in [0.717, 1.165) is 23.2 Å². The van der Waals surface area contributed by atoms with Crippen LogP contribution in [0.25, 0.3) is 6.08 Å². The van der Waals surface area contributed by atoms with Crippen LogP contribution in [0.1, 0.15) is 5.56 Å². The van der Waals surface area contributed by atoms with Crippen molar-refractivity contribution in [3.8, 4) is 0 Å². The predicted octanol–water partition coefficient (Wildman–Crippen LogP) is 2.19. The summed E-state index contributed by atoms with van der Waals surface area (Å²) in [6, 6.07) is 7.58. The van der Waals surface area contributed by atoms with Gasteiger partial charge in [-0.2, -0.15) is 0 Å². The molecular weight excluding hydrogens is 186 g/mol. The van der Waals surface area contributed by atoms with Gasteiger partial charge in [-0.15, -0.1) is 0 Å². The number of nitrogens with one attached hydrogen (secondary N) is 1. The number of carbonyl (C=O) groups is 1. The number of anilines is 1. The molecular formula is C9H7NO2S. The third-order valence-electron chi connectivity index (χ3n) is 1.73. The quantitative estimate of drug-likeness (QED) is 0.671. The number of carboxylic acid groups (broad SMARTS) is 1. The summed E-state index contributed by atoms with van der Waals surface area (Å²) in [5.41, 5.74) is 1.87. The highest BCUT2D eigenvalue weighted by Gasteiger charge is 2.14. The first-order valence-corrected chi connectivity index (χ1v) is 4.56. The van der Waals surface area contributed by atoms with Gasteiger partial charge in [0.15, 0.2) is 0 Å². The Kier molecular flexibility index (Phi) is 1.98. The molecule has 0 saturated carbocycles. The van der Waals surface area contributed by atoms with Gasteiger partial charge in [-0.05, 0) is 29.7 Å². The van der Waals surface area contributed by atoms with Crippen LogP contribution in [0.4, 0.5) is 5.69 Å². The Labute approximate surface area is 79.6 Å². The number of rotatable bonds is 1. The topological polar surface area (TPSA) is 49.3 Å². The van der Waals surface area contributed by atoms with E-state index in [-0.39, 0.29) is 0 Å². The smallest absolute Gasteiger partial charge is 0.344 e. The molecule has 3 nitrogen and oxygen atoms in total. The van der Waals surface area contributed by atoms with Crippen molar-refractivity contribution in [3.63, 3.8) is 0 Å².